The van der Waals surface area contributed by atoms with E-state index in [-0.39, 0.29) is 16.7 Å². The van der Waals surface area contributed by atoms with E-state index in [0.717, 1.165) is 4.90 Å². The van der Waals surface area contributed by atoms with E-state index in [1.54, 1.807) is 19.1 Å². The lowest BCUT2D eigenvalue weighted by Gasteiger charge is -2.10. The molecule has 126 valence electrons. The number of nitriles is 1. The Balaban J connectivity index is 1.93. The van der Waals surface area contributed by atoms with Crippen LogP contribution in [-0.4, -0.2) is 21.6 Å². The number of fused-ring (bicyclic) bond motifs is 1. The molecule has 0 atom stereocenters. The Morgan fingerprint density at radius 3 is 3.04 bits per heavy atom. The maximum atomic E-state index is 12.7. The zero-order chi connectivity index (χ0) is 17.8. The molecule has 0 saturated heterocycles. The van der Waals surface area contributed by atoms with Gasteiger partial charge in [0, 0.05) is 17.1 Å². The first-order chi connectivity index (χ1) is 12.1. The molecule has 0 spiro atoms. The molecule has 3 aromatic rings. The third kappa shape index (κ3) is 3.41. The number of hydrogen-bond donors (Lipinski definition) is 2. The van der Waals surface area contributed by atoms with Gasteiger partial charge in [-0.05, 0) is 19.1 Å². The first-order valence-electron chi connectivity index (χ1n) is 7.48. The van der Waals surface area contributed by atoms with Gasteiger partial charge < -0.3 is 14.7 Å². The predicted octanol–water partition coefficient (Wildman–Crippen LogP) is 3.08. The highest BCUT2D eigenvalue weighted by Crippen LogP contribution is 2.29. The zero-order valence-corrected chi connectivity index (χ0v) is 14.1. The Labute approximate surface area is 147 Å². The van der Waals surface area contributed by atoms with Crippen LogP contribution in [-0.2, 0) is 0 Å². The van der Waals surface area contributed by atoms with Crippen molar-refractivity contribution in [3.05, 3.63) is 52.3 Å². The molecule has 2 heterocycles. The number of aromatic nitrogens is 2. The molecule has 25 heavy (non-hydrogen) atoms. The second-order valence-corrected chi connectivity index (χ2v) is 6.29. The van der Waals surface area contributed by atoms with Gasteiger partial charge in [-0.2, -0.15) is 5.26 Å². The molecule has 0 radical (unpaired) electrons. The average molecular weight is 354 g/mol. The fourth-order valence-electron chi connectivity index (χ4n) is 2.41. The molecule has 8 heteroatoms. The quantitative estimate of drug-likeness (QED) is 0.538. The minimum Gasteiger partial charge on any atom is -0.442 e. The first-order valence-corrected chi connectivity index (χ1v) is 8.47. The van der Waals surface area contributed by atoms with E-state index in [0.29, 0.717) is 23.6 Å². The lowest BCUT2D eigenvalue weighted by atomic mass is 10.1. The SMILES string of the molecule is Cc1oc2nc[nH]c(=O)c2c1C(=O)Nc1ccccc1SCCC#N. The number of nitrogens with zero attached hydrogens (tertiary/aromatic N) is 2. The van der Waals surface area contributed by atoms with Crippen LogP contribution in [0.4, 0.5) is 5.69 Å². The Morgan fingerprint density at radius 1 is 1.44 bits per heavy atom. The summed E-state index contributed by atoms with van der Waals surface area (Å²) < 4.78 is 5.42. The van der Waals surface area contributed by atoms with E-state index in [9.17, 15) is 9.59 Å². The molecule has 0 unspecified atom stereocenters. The van der Waals surface area contributed by atoms with Crippen molar-refractivity contribution >= 4 is 34.5 Å². The van der Waals surface area contributed by atoms with Crippen LogP contribution in [0.2, 0.25) is 0 Å². The standard InChI is InChI=1S/C17H14N4O3S/c1-10-13(14-15(22)19-9-20-17(14)24-10)16(23)21-11-5-2-3-6-12(11)25-8-4-7-18/h2-3,5-6,9H,4,8H2,1H3,(H,21,23)(H,19,20,22). The highest BCUT2D eigenvalue weighted by molar-refractivity contribution is 7.99. The van der Waals surface area contributed by atoms with Crippen LogP contribution < -0.4 is 10.9 Å². The minimum atomic E-state index is -0.442. The van der Waals surface area contributed by atoms with Gasteiger partial charge >= 0.3 is 0 Å². The van der Waals surface area contributed by atoms with Crippen molar-refractivity contribution in [1.29, 1.82) is 5.26 Å². The smallest absolute Gasteiger partial charge is 0.262 e. The number of carbonyl (C=O) groups excluding carboxylic acids is 1. The second-order valence-electron chi connectivity index (χ2n) is 5.15. The molecule has 1 amide bonds. The fraction of sp³-hybridized carbons (Fsp3) is 0.176. The molecular weight excluding hydrogens is 340 g/mol. The number of hydrogen-bond acceptors (Lipinski definition) is 6. The van der Waals surface area contributed by atoms with Gasteiger partial charge in [-0.3, -0.25) is 9.59 Å². The number of thioether (sulfide) groups is 1. The van der Waals surface area contributed by atoms with Crippen molar-refractivity contribution in [3.63, 3.8) is 0 Å². The number of benzene rings is 1. The maximum Gasteiger partial charge on any atom is 0.262 e. The van der Waals surface area contributed by atoms with Gasteiger partial charge in [0.2, 0.25) is 5.71 Å². The van der Waals surface area contributed by atoms with Crippen molar-refractivity contribution in [3.8, 4) is 6.07 Å². The Kier molecular flexibility index (Phi) is 4.86. The van der Waals surface area contributed by atoms with Crippen molar-refractivity contribution in [2.75, 3.05) is 11.1 Å². The summed E-state index contributed by atoms with van der Waals surface area (Å²) in [7, 11) is 0. The van der Waals surface area contributed by atoms with Crippen LogP contribution in [0.15, 0.2) is 44.7 Å². The largest absolute Gasteiger partial charge is 0.442 e. The number of anilines is 1. The number of rotatable bonds is 5. The van der Waals surface area contributed by atoms with E-state index in [2.05, 4.69) is 21.4 Å². The van der Waals surface area contributed by atoms with Crippen LogP contribution in [0, 0.1) is 18.3 Å². The third-order valence-electron chi connectivity index (χ3n) is 3.50. The molecule has 1 aromatic carbocycles. The van der Waals surface area contributed by atoms with Crippen molar-refractivity contribution in [1.82, 2.24) is 9.97 Å². The number of nitrogens with one attached hydrogen (secondary N) is 2. The van der Waals surface area contributed by atoms with Crippen LogP contribution in [0.25, 0.3) is 11.1 Å². The number of para-hydroxylation sites is 1. The number of carbonyl (C=O) groups is 1. The number of H-pyrrole nitrogens is 1. The lowest BCUT2D eigenvalue weighted by molar-refractivity contribution is 0.102. The van der Waals surface area contributed by atoms with Crippen LogP contribution in [0.3, 0.4) is 0 Å². The summed E-state index contributed by atoms with van der Waals surface area (Å²) >= 11 is 1.48. The van der Waals surface area contributed by atoms with Crippen molar-refractivity contribution in [2.45, 2.75) is 18.2 Å². The highest BCUT2D eigenvalue weighted by Gasteiger charge is 2.22. The molecule has 0 bridgehead atoms. The first kappa shape index (κ1) is 16.8. The summed E-state index contributed by atoms with van der Waals surface area (Å²) in [4.78, 5) is 32.0. The molecule has 3 rings (SSSR count). The average Bonchev–Trinajstić information content (AvgIpc) is 2.94. The number of aryl methyl sites for hydroxylation is 1. The minimum absolute atomic E-state index is 0.128. The Hall–Kier alpha value is -3.05. The second kappa shape index (κ2) is 7.23. The number of furan rings is 1. The van der Waals surface area contributed by atoms with E-state index in [4.69, 9.17) is 9.68 Å². The Bertz CT molecular complexity index is 1030. The molecule has 2 aromatic heterocycles. The van der Waals surface area contributed by atoms with Crippen LogP contribution >= 0.6 is 11.8 Å². The molecule has 0 saturated carbocycles. The van der Waals surface area contributed by atoms with Gasteiger partial charge in [0.15, 0.2) is 0 Å². The maximum absolute atomic E-state index is 12.7. The molecule has 0 fully saturated rings. The van der Waals surface area contributed by atoms with E-state index < -0.39 is 11.5 Å². The van der Waals surface area contributed by atoms with Gasteiger partial charge in [0.05, 0.1) is 23.6 Å². The zero-order valence-electron chi connectivity index (χ0n) is 13.3. The third-order valence-corrected chi connectivity index (χ3v) is 4.58. The normalized spacial score (nSPS) is 10.6. The summed E-state index contributed by atoms with van der Waals surface area (Å²) in [5.41, 5.74) is 0.484. The highest BCUT2D eigenvalue weighted by atomic mass is 32.2. The van der Waals surface area contributed by atoms with Crippen molar-refractivity contribution in [2.24, 2.45) is 0 Å². The van der Waals surface area contributed by atoms with Gasteiger partial charge in [0.25, 0.3) is 11.5 Å². The Morgan fingerprint density at radius 2 is 2.24 bits per heavy atom. The summed E-state index contributed by atoms with van der Waals surface area (Å²) in [6.45, 7) is 1.61. The van der Waals surface area contributed by atoms with E-state index in [1.807, 2.05) is 12.1 Å². The van der Waals surface area contributed by atoms with Gasteiger partial charge in [0.1, 0.15) is 11.1 Å². The molecule has 0 aliphatic carbocycles. The molecule has 7 nitrogen and oxygen atoms in total. The predicted molar refractivity (Wildman–Crippen MR) is 94.7 cm³/mol. The molecule has 2 N–H and O–H groups in total. The van der Waals surface area contributed by atoms with Crippen molar-refractivity contribution < 1.29 is 9.21 Å². The topological polar surface area (TPSA) is 112 Å². The van der Waals surface area contributed by atoms with Crippen LogP contribution in [0.5, 0.6) is 0 Å². The summed E-state index contributed by atoms with van der Waals surface area (Å²) in [6.07, 6.45) is 1.65. The van der Waals surface area contributed by atoms with Crippen LogP contribution in [0.1, 0.15) is 22.5 Å². The summed E-state index contributed by atoms with van der Waals surface area (Å²) in [5, 5.41) is 11.6. The molecular formula is C17H14N4O3S. The molecule has 0 aliphatic rings. The fourth-order valence-corrected chi connectivity index (χ4v) is 3.28. The molecule has 0 aliphatic heterocycles. The summed E-state index contributed by atoms with van der Waals surface area (Å²) in [6, 6.07) is 9.39. The lowest BCUT2D eigenvalue weighted by Crippen LogP contribution is -2.16. The van der Waals surface area contributed by atoms with E-state index >= 15 is 0 Å². The number of aromatic amines is 1. The van der Waals surface area contributed by atoms with E-state index in [1.165, 1.54) is 18.1 Å². The number of amides is 1. The van der Waals surface area contributed by atoms with Gasteiger partial charge in [-0.25, -0.2) is 4.98 Å². The van der Waals surface area contributed by atoms with Gasteiger partial charge in [-0.1, -0.05) is 12.1 Å². The summed E-state index contributed by atoms with van der Waals surface area (Å²) in [5.74, 6) is 0.509. The van der Waals surface area contributed by atoms with Gasteiger partial charge in [-0.15, -0.1) is 11.8 Å². The monoisotopic (exact) mass is 354 g/mol.